The van der Waals surface area contributed by atoms with Crippen LogP contribution in [0.4, 0.5) is 5.69 Å². The second kappa shape index (κ2) is 6.29. The van der Waals surface area contributed by atoms with Gasteiger partial charge in [-0.05, 0) is 55.7 Å². The Hall–Kier alpha value is -2.33. The van der Waals surface area contributed by atoms with Crippen molar-refractivity contribution in [3.63, 3.8) is 0 Å². The molecule has 4 nitrogen and oxygen atoms in total. The van der Waals surface area contributed by atoms with Crippen LogP contribution in [0.1, 0.15) is 24.8 Å². The number of halogens is 1. The van der Waals surface area contributed by atoms with Crippen molar-refractivity contribution in [2.45, 2.75) is 32.4 Å². The van der Waals surface area contributed by atoms with Crippen molar-refractivity contribution in [1.29, 1.82) is 0 Å². The number of aryl methyl sites for hydroxylation is 1. The topological polar surface area (TPSA) is 42.2 Å². The summed E-state index contributed by atoms with van der Waals surface area (Å²) < 4.78 is 5.87. The van der Waals surface area contributed by atoms with Crippen LogP contribution in [0.5, 0.6) is 0 Å². The Labute approximate surface area is 146 Å². The predicted octanol–water partition coefficient (Wildman–Crippen LogP) is 4.73. The van der Waals surface area contributed by atoms with Crippen molar-refractivity contribution in [3.8, 4) is 11.5 Å². The van der Waals surface area contributed by atoms with Crippen LogP contribution in [0.15, 0.2) is 52.9 Å². The van der Waals surface area contributed by atoms with E-state index in [0.29, 0.717) is 29.4 Å². The van der Waals surface area contributed by atoms with Crippen LogP contribution in [-0.2, 0) is 13.0 Å². The fraction of sp³-hybridized carbons (Fsp3) is 0.263. The number of rotatable bonds is 3. The molecule has 0 saturated heterocycles. The largest absolute Gasteiger partial charge is 0.419 e. The van der Waals surface area contributed by atoms with Crippen LogP contribution in [0, 0.1) is 0 Å². The molecule has 2 aromatic carbocycles. The van der Waals surface area contributed by atoms with Gasteiger partial charge in [-0.2, -0.15) is 0 Å². The molecule has 0 bridgehead atoms. The zero-order valence-corrected chi connectivity index (χ0v) is 14.2. The molecule has 0 aliphatic carbocycles. The number of anilines is 1. The van der Waals surface area contributed by atoms with Crippen molar-refractivity contribution < 1.29 is 4.42 Å². The van der Waals surface area contributed by atoms with E-state index in [1.165, 1.54) is 11.3 Å². The second-order valence-electron chi connectivity index (χ2n) is 6.15. The number of para-hydroxylation sites is 1. The molecule has 3 aromatic rings. The van der Waals surface area contributed by atoms with Gasteiger partial charge in [0.05, 0.1) is 6.54 Å². The summed E-state index contributed by atoms with van der Waals surface area (Å²) in [6.45, 7) is 2.87. The highest BCUT2D eigenvalue weighted by Gasteiger charge is 2.24. The van der Waals surface area contributed by atoms with Gasteiger partial charge < -0.3 is 9.32 Å². The third-order valence-corrected chi connectivity index (χ3v) is 4.78. The van der Waals surface area contributed by atoms with Crippen LogP contribution in [0.2, 0.25) is 5.02 Å². The highest BCUT2D eigenvalue weighted by Crippen LogP contribution is 2.32. The molecule has 1 aliphatic heterocycles. The lowest BCUT2D eigenvalue weighted by Gasteiger charge is -2.36. The first kappa shape index (κ1) is 15.2. The lowest BCUT2D eigenvalue weighted by atomic mass is 9.97. The first-order valence-electron chi connectivity index (χ1n) is 8.13. The number of benzene rings is 2. The Morgan fingerprint density at radius 3 is 2.75 bits per heavy atom. The van der Waals surface area contributed by atoms with E-state index in [1.807, 2.05) is 24.3 Å². The van der Waals surface area contributed by atoms with E-state index in [-0.39, 0.29) is 0 Å². The maximum absolute atomic E-state index is 5.92. The van der Waals surface area contributed by atoms with Crippen LogP contribution < -0.4 is 4.90 Å². The van der Waals surface area contributed by atoms with Crippen LogP contribution in [0.25, 0.3) is 11.5 Å². The molecule has 2 heterocycles. The van der Waals surface area contributed by atoms with E-state index < -0.39 is 0 Å². The lowest BCUT2D eigenvalue weighted by molar-refractivity contribution is 0.469. The van der Waals surface area contributed by atoms with Crippen molar-refractivity contribution in [2.75, 3.05) is 4.90 Å². The van der Waals surface area contributed by atoms with Crippen molar-refractivity contribution >= 4 is 17.3 Å². The van der Waals surface area contributed by atoms with Crippen molar-refractivity contribution in [2.24, 2.45) is 0 Å². The molecule has 0 amide bonds. The Bertz CT molecular complexity index is 844. The van der Waals surface area contributed by atoms with Crippen LogP contribution in [0.3, 0.4) is 0 Å². The zero-order valence-electron chi connectivity index (χ0n) is 13.4. The van der Waals surface area contributed by atoms with E-state index in [0.717, 1.165) is 18.4 Å². The summed E-state index contributed by atoms with van der Waals surface area (Å²) in [6.07, 6.45) is 2.25. The fourth-order valence-corrected chi connectivity index (χ4v) is 3.30. The molecule has 0 saturated carbocycles. The Kier molecular flexibility index (Phi) is 3.98. The molecule has 5 heteroatoms. The lowest BCUT2D eigenvalue weighted by Crippen LogP contribution is -2.36. The van der Waals surface area contributed by atoms with E-state index >= 15 is 0 Å². The van der Waals surface area contributed by atoms with Gasteiger partial charge in [0.1, 0.15) is 0 Å². The number of nitrogens with zero attached hydrogens (tertiary/aromatic N) is 3. The van der Waals surface area contributed by atoms with Gasteiger partial charge in [-0.25, -0.2) is 0 Å². The third-order valence-electron chi connectivity index (χ3n) is 4.53. The predicted molar refractivity (Wildman–Crippen MR) is 95.2 cm³/mol. The molecule has 1 unspecified atom stereocenters. The molecule has 4 rings (SSSR count). The van der Waals surface area contributed by atoms with E-state index in [2.05, 4.69) is 46.3 Å². The summed E-state index contributed by atoms with van der Waals surface area (Å²) in [5.41, 5.74) is 3.53. The summed E-state index contributed by atoms with van der Waals surface area (Å²) in [6, 6.07) is 16.4. The van der Waals surface area contributed by atoms with Gasteiger partial charge in [0.15, 0.2) is 0 Å². The second-order valence-corrected chi connectivity index (χ2v) is 6.59. The first-order valence-corrected chi connectivity index (χ1v) is 8.51. The molecule has 1 aromatic heterocycles. The zero-order chi connectivity index (χ0) is 16.5. The molecule has 24 heavy (non-hydrogen) atoms. The molecule has 0 fully saturated rings. The number of aromatic nitrogens is 2. The summed E-state index contributed by atoms with van der Waals surface area (Å²) in [4.78, 5) is 2.35. The molecular formula is C19H18ClN3O. The summed E-state index contributed by atoms with van der Waals surface area (Å²) in [7, 11) is 0. The maximum Gasteiger partial charge on any atom is 0.247 e. The minimum Gasteiger partial charge on any atom is -0.419 e. The number of fused-ring (bicyclic) bond motifs is 1. The smallest absolute Gasteiger partial charge is 0.247 e. The van der Waals surface area contributed by atoms with Gasteiger partial charge in [-0.3, -0.25) is 0 Å². The van der Waals surface area contributed by atoms with Crippen LogP contribution >= 0.6 is 11.6 Å². The Morgan fingerprint density at radius 2 is 1.92 bits per heavy atom. The van der Waals surface area contributed by atoms with Gasteiger partial charge in [-0.1, -0.05) is 29.8 Å². The standard InChI is InChI=1S/C19H18ClN3O/c1-13-6-7-14-4-2-3-5-17(14)23(13)12-18-21-22-19(24-18)15-8-10-16(20)11-9-15/h2-5,8-11,13H,6-7,12H2,1H3. The van der Waals surface area contributed by atoms with Crippen molar-refractivity contribution in [3.05, 3.63) is 65.0 Å². The fourth-order valence-electron chi connectivity index (χ4n) is 3.17. The summed E-state index contributed by atoms with van der Waals surface area (Å²) >= 11 is 5.92. The molecule has 122 valence electrons. The highest BCUT2D eigenvalue weighted by atomic mass is 35.5. The van der Waals surface area contributed by atoms with E-state index in [9.17, 15) is 0 Å². The van der Waals surface area contributed by atoms with Gasteiger partial charge in [0.2, 0.25) is 11.8 Å². The molecule has 0 radical (unpaired) electrons. The minimum absolute atomic E-state index is 0.450. The summed E-state index contributed by atoms with van der Waals surface area (Å²) in [5, 5.41) is 9.09. The van der Waals surface area contributed by atoms with Gasteiger partial charge >= 0.3 is 0 Å². The van der Waals surface area contributed by atoms with E-state index in [4.69, 9.17) is 16.0 Å². The van der Waals surface area contributed by atoms with E-state index in [1.54, 1.807) is 0 Å². The number of hydrogen-bond acceptors (Lipinski definition) is 4. The minimum atomic E-state index is 0.450. The quantitative estimate of drug-likeness (QED) is 0.691. The maximum atomic E-state index is 5.92. The average Bonchev–Trinajstić information content (AvgIpc) is 3.07. The average molecular weight is 340 g/mol. The van der Waals surface area contributed by atoms with Gasteiger partial charge in [-0.15, -0.1) is 10.2 Å². The number of hydrogen-bond donors (Lipinski definition) is 0. The monoisotopic (exact) mass is 339 g/mol. The molecular weight excluding hydrogens is 322 g/mol. The normalized spacial score (nSPS) is 16.9. The van der Waals surface area contributed by atoms with Crippen LogP contribution in [-0.4, -0.2) is 16.2 Å². The third kappa shape index (κ3) is 2.89. The van der Waals surface area contributed by atoms with Crippen molar-refractivity contribution in [1.82, 2.24) is 10.2 Å². The Morgan fingerprint density at radius 1 is 1.12 bits per heavy atom. The van der Waals surface area contributed by atoms with Gasteiger partial charge in [0.25, 0.3) is 0 Å². The molecule has 0 spiro atoms. The van der Waals surface area contributed by atoms with Gasteiger partial charge in [0, 0.05) is 22.3 Å². The molecule has 0 N–H and O–H groups in total. The highest BCUT2D eigenvalue weighted by molar-refractivity contribution is 6.30. The Balaban J connectivity index is 1.59. The summed E-state index contributed by atoms with van der Waals surface area (Å²) in [5.74, 6) is 1.16. The first-order chi connectivity index (χ1) is 11.7. The SMILES string of the molecule is CC1CCc2ccccc2N1Cc1nnc(-c2ccc(Cl)cc2)o1. The molecule has 1 aliphatic rings. The molecule has 1 atom stereocenters.